The maximum absolute atomic E-state index is 5.51. The first kappa shape index (κ1) is 12.0. The van der Waals surface area contributed by atoms with Gasteiger partial charge in [-0.05, 0) is 31.0 Å². The Morgan fingerprint density at radius 1 is 1.27 bits per heavy atom. The molecule has 1 rings (SSSR count). The van der Waals surface area contributed by atoms with Crippen molar-refractivity contribution in [1.82, 2.24) is 0 Å². The molecule has 1 aromatic rings. The van der Waals surface area contributed by atoms with Crippen LogP contribution in [0.15, 0.2) is 18.2 Å². The highest BCUT2D eigenvalue weighted by molar-refractivity contribution is 5.40. The van der Waals surface area contributed by atoms with Gasteiger partial charge in [0.2, 0.25) is 0 Å². The predicted octanol–water partition coefficient (Wildman–Crippen LogP) is 1.73. The van der Waals surface area contributed by atoms with E-state index < -0.39 is 0 Å². The number of ether oxygens (including phenoxy) is 2. The maximum atomic E-state index is 5.51. The first-order chi connectivity index (χ1) is 7.33. The highest BCUT2D eigenvalue weighted by atomic mass is 16.5. The van der Waals surface area contributed by atoms with Crippen molar-refractivity contribution in [3.05, 3.63) is 29.3 Å². The van der Waals surface area contributed by atoms with Crippen molar-refractivity contribution in [2.45, 2.75) is 19.4 Å². The molecule has 0 heterocycles. The Labute approximate surface area is 91.2 Å². The Morgan fingerprint density at radius 2 is 2.07 bits per heavy atom. The summed E-state index contributed by atoms with van der Waals surface area (Å²) in [6.07, 6.45) is 1.97. The van der Waals surface area contributed by atoms with E-state index in [-0.39, 0.29) is 0 Å². The summed E-state index contributed by atoms with van der Waals surface area (Å²) in [6.45, 7) is 1.30. The average Bonchev–Trinajstić information content (AvgIpc) is 2.28. The van der Waals surface area contributed by atoms with Crippen molar-refractivity contribution < 1.29 is 9.47 Å². The Kier molecular flexibility index (Phi) is 5.15. The summed E-state index contributed by atoms with van der Waals surface area (Å²) in [5.74, 6) is 0.895. The van der Waals surface area contributed by atoms with E-state index >= 15 is 0 Å². The highest BCUT2D eigenvalue weighted by Gasteiger charge is 2.07. The van der Waals surface area contributed by atoms with Gasteiger partial charge in [0.15, 0.2) is 0 Å². The summed E-state index contributed by atoms with van der Waals surface area (Å²) in [4.78, 5) is 0. The third-order valence-corrected chi connectivity index (χ3v) is 2.39. The maximum Gasteiger partial charge on any atom is 0.124 e. The number of methoxy groups -OCH3 is 2. The molecule has 0 atom stereocenters. The summed E-state index contributed by atoms with van der Waals surface area (Å²) < 4.78 is 10.5. The van der Waals surface area contributed by atoms with Crippen LogP contribution in [-0.4, -0.2) is 20.8 Å². The van der Waals surface area contributed by atoms with Crippen LogP contribution in [0.3, 0.4) is 0 Å². The molecule has 0 aliphatic heterocycles. The lowest BCUT2D eigenvalue weighted by atomic mass is 10.0. The number of benzene rings is 1. The van der Waals surface area contributed by atoms with Gasteiger partial charge in [-0.3, -0.25) is 0 Å². The fourth-order valence-corrected chi connectivity index (χ4v) is 1.64. The molecule has 0 radical (unpaired) electrons. The number of aryl methyl sites for hydroxylation is 1. The zero-order chi connectivity index (χ0) is 11.1. The fraction of sp³-hybridized carbons (Fsp3) is 0.500. The lowest BCUT2D eigenvalue weighted by Crippen LogP contribution is -2.04. The van der Waals surface area contributed by atoms with Crippen LogP contribution in [0.5, 0.6) is 5.75 Å². The van der Waals surface area contributed by atoms with Gasteiger partial charge in [-0.15, -0.1) is 0 Å². The van der Waals surface area contributed by atoms with Crippen LogP contribution >= 0.6 is 0 Å². The van der Waals surface area contributed by atoms with Crippen molar-refractivity contribution >= 4 is 0 Å². The minimum atomic E-state index is 0.587. The predicted molar refractivity (Wildman–Crippen MR) is 61.1 cm³/mol. The molecule has 0 fully saturated rings. The van der Waals surface area contributed by atoms with Crippen molar-refractivity contribution in [3.8, 4) is 5.75 Å². The third kappa shape index (κ3) is 3.22. The van der Waals surface area contributed by atoms with Crippen molar-refractivity contribution in [1.29, 1.82) is 0 Å². The van der Waals surface area contributed by atoms with Crippen molar-refractivity contribution in [2.75, 3.05) is 20.8 Å². The van der Waals surface area contributed by atoms with Crippen LogP contribution in [0.4, 0.5) is 0 Å². The molecule has 0 aliphatic carbocycles. The summed E-state index contributed by atoms with van der Waals surface area (Å²) in [6, 6.07) is 6.07. The lowest BCUT2D eigenvalue weighted by Gasteiger charge is -2.12. The lowest BCUT2D eigenvalue weighted by molar-refractivity contribution is 0.181. The van der Waals surface area contributed by atoms with Gasteiger partial charge in [0.25, 0.3) is 0 Å². The van der Waals surface area contributed by atoms with E-state index in [0.29, 0.717) is 13.2 Å². The Balaban J connectivity index is 2.90. The Hall–Kier alpha value is -1.06. The quantitative estimate of drug-likeness (QED) is 0.776. The second-order valence-electron chi connectivity index (χ2n) is 3.42. The molecular weight excluding hydrogens is 190 g/mol. The van der Waals surface area contributed by atoms with E-state index in [1.54, 1.807) is 14.2 Å². The van der Waals surface area contributed by atoms with Crippen LogP contribution in [0.1, 0.15) is 17.5 Å². The number of rotatable bonds is 6. The fourth-order valence-electron chi connectivity index (χ4n) is 1.64. The largest absolute Gasteiger partial charge is 0.496 e. The molecule has 0 unspecified atom stereocenters. The molecule has 2 N–H and O–H groups in total. The molecule has 84 valence electrons. The second kappa shape index (κ2) is 6.43. The molecule has 0 saturated heterocycles. The van der Waals surface area contributed by atoms with E-state index in [1.807, 2.05) is 12.1 Å². The number of nitrogens with two attached hydrogens (primary N) is 1. The first-order valence-corrected chi connectivity index (χ1v) is 5.17. The van der Waals surface area contributed by atoms with Gasteiger partial charge in [-0.2, -0.15) is 0 Å². The van der Waals surface area contributed by atoms with Crippen molar-refractivity contribution in [2.24, 2.45) is 5.73 Å². The topological polar surface area (TPSA) is 44.5 Å². The van der Waals surface area contributed by atoms with Crippen LogP contribution in [0.2, 0.25) is 0 Å². The van der Waals surface area contributed by atoms with E-state index in [2.05, 4.69) is 6.07 Å². The third-order valence-electron chi connectivity index (χ3n) is 2.39. The highest BCUT2D eigenvalue weighted by Crippen LogP contribution is 2.23. The second-order valence-corrected chi connectivity index (χ2v) is 3.42. The number of hydrogen-bond acceptors (Lipinski definition) is 3. The summed E-state index contributed by atoms with van der Waals surface area (Å²) in [7, 11) is 3.38. The molecule has 15 heavy (non-hydrogen) atoms. The minimum Gasteiger partial charge on any atom is -0.496 e. The Morgan fingerprint density at radius 3 is 2.67 bits per heavy atom. The molecule has 0 amide bonds. The summed E-state index contributed by atoms with van der Waals surface area (Å²) in [5.41, 5.74) is 7.91. The van der Waals surface area contributed by atoms with Crippen molar-refractivity contribution in [3.63, 3.8) is 0 Å². The monoisotopic (exact) mass is 209 g/mol. The zero-order valence-electron chi connectivity index (χ0n) is 9.45. The average molecular weight is 209 g/mol. The molecule has 0 bridgehead atoms. The molecular formula is C12H19NO2. The molecule has 0 saturated carbocycles. The molecule has 3 nitrogen and oxygen atoms in total. The Bertz CT molecular complexity index is 300. The molecule has 0 spiro atoms. The molecule has 0 aliphatic rings. The van der Waals surface area contributed by atoms with E-state index in [9.17, 15) is 0 Å². The van der Waals surface area contributed by atoms with Gasteiger partial charge in [0.1, 0.15) is 5.75 Å². The number of hydrogen-bond donors (Lipinski definition) is 1. The SMILES string of the molecule is COCc1c(CCCN)cccc1OC. The molecule has 1 aromatic carbocycles. The minimum absolute atomic E-state index is 0.587. The van der Waals surface area contributed by atoms with Gasteiger partial charge in [0, 0.05) is 12.7 Å². The van der Waals surface area contributed by atoms with Gasteiger partial charge in [-0.25, -0.2) is 0 Å². The smallest absolute Gasteiger partial charge is 0.124 e. The van der Waals surface area contributed by atoms with E-state index in [4.69, 9.17) is 15.2 Å². The summed E-state index contributed by atoms with van der Waals surface area (Å²) >= 11 is 0. The van der Waals surface area contributed by atoms with Gasteiger partial charge in [0.05, 0.1) is 13.7 Å². The zero-order valence-corrected chi connectivity index (χ0v) is 9.45. The molecule has 3 heteroatoms. The van der Waals surface area contributed by atoms with Crippen LogP contribution < -0.4 is 10.5 Å². The van der Waals surface area contributed by atoms with Crippen LogP contribution in [0.25, 0.3) is 0 Å². The summed E-state index contributed by atoms with van der Waals surface area (Å²) in [5, 5.41) is 0. The normalized spacial score (nSPS) is 10.3. The van der Waals surface area contributed by atoms with Gasteiger partial charge >= 0.3 is 0 Å². The molecule has 0 aromatic heterocycles. The van der Waals surface area contributed by atoms with E-state index in [1.165, 1.54) is 5.56 Å². The van der Waals surface area contributed by atoms with Gasteiger partial charge in [-0.1, -0.05) is 12.1 Å². The standard InChI is InChI=1S/C12H19NO2/c1-14-9-11-10(6-4-8-13)5-3-7-12(11)15-2/h3,5,7H,4,6,8-9,13H2,1-2H3. The first-order valence-electron chi connectivity index (χ1n) is 5.17. The van der Waals surface area contributed by atoms with E-state index in [0.717, 1.165) is 24.2 Å². The van der Waals surface area contributed by atoms with Crippen LogP contribution in [-0.2, 0) is 17.8 Å². The van der Waals surface area contributed by atoms with Crippen LogP contribution in [0, 0.1) is 0 Å². The van der Waals surface area contributed by atoms with Gasteiger partial charge < -0.3 is 15.2 Å².